The molecule has 0 saturated heterocycles. The molecule has 134 valence electrons. The van der Waals surface area contributed by atoms with Gasteiger partial charge in [0.05, 0.1) is 18.9 Å². The summed E-state index contributed by atoms with van der Waals surface area (Å²) >= 11 is 0. The van der Waals surface area contributed by atoms with E-state index in [0.29, 0.717) is 23.6 Å². The molecule has 25 heavy (non-hydrogen) atoms. The van der Waals surface area contributed by atoms with Crippen molar-refractivity contribution in [3.63, 3.8) is 0 Å². The number of sulfonamides is 1. The second kappa shape index (κ2) is 8.64. The standard InChI is InChI=1S/C18H22N2O4S/c1-3-24-16-10-8-15(9-11-16)13-25(22,23)19-12-18(21)20-17-7-5-4-6-14(17)2/h4-11,19H,3,12-13H2,1-2H3,(H,20,21). The molecule has 2 N–H and O–H groups in total. The number of para-hydroxylation sites is 1. The third kappa shape index (κ3) is 6.21. The SMILES string of the molecule is CCOc1ccc(CS(=O)(=O)NCC(=O)Nc2ccccc2C)cc1. The molecule has 6 nitrogen and oxygen atoms in total. The molecule has 0 aliphatic rings. The van der Waals surface area contributed by atoms with Gasteiger partial charge < -0.3 is 10.1 Å². The molecule has 0 aliphatic carbocycles. The number of hydrogen-bond donors (Lipinski definition) is 2. The molecule has 2 aromatic rings. The molecule has 7 heteroatoms. The van der Waals surface area contributed by atoms with Crippen molar-refractivity contribution in [2.75, 3.05) is 18.5 Å². The summed E-state index contributed by atoms with van der Waals surface area (Å²) in [6, 6.07) is 14.1. The molecule has 0 heterocycles. The summed E-state index contributed by atoms with van der Waals surface area (Å²) in [5.74, 6) is 0.0793. The quantitative estimate of drug-likeness (QED) is 0.755. The number of hydrogen-bond acceptors (Lipinski definition) is 4. The summed E-state index contributed by atoms with van der Waals surface area (Å²) in [6.45, 7) is 3.98. The minimum Gasteiger partial charge on any atom is -0.494 e. The van der Waals surface area contributed by atoms with Gasteiger partial charge in [0.2, 0.25) is 15.9 Å². The van der Waals surface area contributed by atoms with Crippen molar-refractivity contribution in [2.45, 2.75) is 19.6 Å². The van der Waals surface area contributed by atoms with E-state index in [2.05, 4.69) is 10.0 Å². The van der Waals surface area contributed by atoms with Gasteiger partial charge in [-0.1, -0.05) is 30.3 Å². The lowest BCUT2D eigenvalue weighted by Crippen LogP contribution is -2.33. The van der Waals surface area contributed by atoms with Crippen LogP contribution in [-0.2, 0) is 20.6 Å². The monoisotopic (exact) mass is 362 g/mol. The van der Waals surface area contributed by atoms with Gasteiger partial charge in [-0.15, -0.1) is 0 Å². The van der Waals surface area contributed by atoms with Crippen LogP contribution >= 0.6 is 0 Å². The molecule has 2 rings (SSSR count). The average Bonchev–Trinajstić information content (AvgIpc) is 2.57. The van der Waals surface area contributed by atoms with E-state index in [9.17, 15) is 13.2 Å². The fourth-order valence-corrected chi connectivity index (χ4v) is 3.29. The number of benzene rings is 2. The Labute approximate surface area is 148 Å². The lowest BCUT2D eigenvalue weighted by Gasteiger charge is -2.10. The Morgan fingerprint density at radius 1 is 1.08 bits per heavy atom. The van der Waals surface area contributed by atoms with E-state index in [1.807, 2.05) is 26.0 Å². The van der Waals surface area contributed by atoms with E-state index < -0.39 is 15.9 Å². The minimum absolute atomic E-state index is 0.197. The molecular formula is C18H22N2O4S. The Morgan fingerprint density at radius 2 is 1.76 bits per heavy atom. The van der Waals surface area contributed by atoms with Crippen molar-refractivity contribution in [3.8, 4) is 5.75 Å². The van der Waals surface area contributed by atoms with Crippen LogP contribution in [0.5, 0.6) is 5.75 Å². The van der Waals surface area contributed by atoms with E-state index in [-0.39, 0.29) is 12.3 Å². The summed E-state index contributed by atoms with van der Waals surface area (Å²) in [4.78, 5) is 11.9. The van der Waals surface area contributed by atoms with Crippen LogP contribution < -0.4 is 14.8 Å². The first-order valence-corrected chi connectivity index (χ1v) is 9.59. The molecule has 0 spiro atoms. The molecule has 0 radical (unpaired) electrons. The topological polar surface area (TPSA) is 84.5 Å². The summed E-state index contributed by atoms with van der Waals surface area (Å²) in [7, 11) is -3.61. The lowest BCUT2D eigenvalue weighted by atomic mass is 10.2. The van der Waals surface area contributed by atoms with Crippen molar-refractivity contribution >= 4 is 21.6 Å². The van der Waals surface area contributed by atoms with Gasteiger partial charge in [-0.05, 0) is 43.2 Å². The minimum atomic E-state index is -3.61. The molecule has 0 bridgehead atoms. The Balaban J connectivity index is 1.88. The van der Waals surface area contributed by atoms with Crippen molar-refractivity contribution in [1.82, 2.24) is 4.72 Å². The molecule has 1 amide bonds. The van der Waals surface area contributed by atoms with Gasteiger partial charge in [0.1, 0.15) is 5.75 Å². The van der Waals surface area contributed by atoms with Gasteiger partial charge >= 0.3 is 0 Å². The molecule has 0 aromatic heterocycles. The summed E-state index contributed by atoms with van der Waals surface area (Å²) < 4.78 is 31.9. The first-order valence-electron chi connectivity index (χ1n) is 7.94. The third-order valence-electron chi connectivity index (χ3n) is 3.46. The van der Waals surface area contributed by atoms with E-state index in [4.69, 9.17) is 4.74 Å². The molecule has 0 unspecified atom stereocenters. The van der Waals surface area contributed by atoms with E-state index in [1.165, 1.54) is 0 Å². The highest BCUT2D eigenvalue weighted by atomic mass is 32.2. The Morgan fingerprint density at radius 3 is 2.40 bits per heavy atom. The molecule has 0 atom stereocenters. The van der Waals surface area contributed by atoms with Crippen molar-refractivity contribution in [2.24, 2.45) is 0 Å². The van der Waals surface area contributed by atoms with Crippen LogP contribution in [0.15, 0.2) is 48.5 Å². The molecule has 0 saturated carbocycles. The van der Waals surface area contributed by atoms with Gasteiger partial charge in [-0.25, -0.2) is 13.1 Å². The highest BCUT2D eigenvalue weighted by molar-refractivity contribution is 7.88. The molecule has 2 aromatic carbocycles. The van der Waals surface area contributed by atoms with E-state index >= 15 is 0 Å². The molecular weight excluding hydrogens is 340 g/mol. The maximum absolute atomic E-state index is 12.1. The molecule has 0 fully saturated rings. The van der Waals surface area contributed by atoms with Gasteiger partial charge in [0.25, 0.3) is 0 Å². The lowest BCUT2D eigenvalue weighted by molar-refractivity contribution is -0.115. The van der Waals surface area contributed by atoms with Crippen molar-refractivity contribution in [3.05, 3.63) is 59.7 Å². The Kier molecular flexibility index (Phi) is 6.55. The van der Waals surface area contributed by atoms with Crippen LogP contribution in [0.2, 0.25) is 0 Å². The maximum atomic E-state index is 12.1. The van der Waals surface area contributed by atoms with E-state index in [1.54, 1.807) is 36.4 Å². The normalized spacial score (nSPS) is 11.1. The first kappa shape index (κ1) is 19.0. The summed E-state index contributed by atoms with van der Waals surface area (Å²) in [5, 5.41) is 2.69. The number of carbonyl (C=O) groups excluding carboxylic acids is 1. The highest BCUT2D eigenvalue weighted by Gasteiger charge is 2.14. The average molecular weight is 362 g/mol. The van der Waals surface area contributed by atoms with Crippen LogP contribution in [0.3, 0.4) is 0 Å². The number of nitrogens with one attached hydrogen (secondary N) is 2. The fraction of sp³-hybridized carbons (Fsp3) is 0.278. The van der Waals surface area contributed by atoms with Crippen molar-refractivity contribution in [1.29, 1.82) is 0 Å². The number of carbonyl (C=O) groups is 1. The Bertz CT molecular complexity index is 817. The zero-order valence-electron chi connectivity index (χ0n) is 14.3. The third-order valence-corrected chi connectivity index (χ3v) is 4.76. The predicted molar refractivity (Wildman–Crippen MR) is 98.0 cm³/mol. The van der Waals surface area contributed by atoms with Crippen LogP contribution in [0.25, 0.3) is 0 Å². The fourth-order valence-electron chi connectivity index (χ4n) is 2.20. The smallest absolute Gasteiger partial charge is 0.239 e. The van der Waals surface area contributed by atoms with Crippen LogP contribution in [0.1, 0.15) is 18.1 Å². The second-order valence-corrected chi connectivity index (χ2v) is 7.33. The van der Waals surface area contributed by atoms with Gasteiger partial charge in [0, 0.05) is 5.69 Å². The highest BCUT2D eigenvalue weighted by Crippen LogP contribution is 2.14. The zero-order chi connectivity index (χ0) is 18.3. The first-order chi connectivity index (χ1) is 11.9. The number of anilines is 1. The molecule has 0 aliphatic heterocycles. The van der Waals surface area contributed by atoms with Gasteiger partial charge in [0.15, 0.2) is 0 Å². The summed E-state index contributed by atoms with van der Waals surface area (Å²) in [5.41, 5.74) is 2.20. The Hall–Kier alpha value is -2.38. The van der Waals surface area contributed by atoms with Gasteiger partial charge in [-0.3, -0.25) is 4.79 Å². The number of amides is 1. The number of ether oxygens (including phenoxy) is 1. The van der Waals surface area contributed by atoms with Crippen LogP contribution in [-0.4, -0.2) is 27.5 Å². The van der Waals surface area contributed by atoms with E-state index in [0.717, 1.165) is 5.56 Å². The predicted octanol–water partition coefficient (Wildman–Crippen LogP) is 2.45. The van der Waals surface area contributed by atoms with Crippen molar-refractivity contribution < 1.29 is 17.9 Å². The number of aryl methyl sites for hydroxylation is 1. The largest absolute Gasteiger partial charge is 0.494 e. The maximum Gasteiger partial charge on any atom is 0.239 e. The summed E-state index contributed by atoms with van der Waals surface area (Å²) in [6.07, 6.45) is 0. The second-order valence-electron chi connectivity index (χ2n) is 5.52. The van der Waals surface area contributed by atoms with Crippen LogP contribution in [0.4, 0.5) is 5.69 Å². The zero-order valence-corrected chi connectivity index (χ0v) is 15.1. The number of rotatable bonds is 8. The van der Waals surface area contributed by atoms with Gasteiger partial charge in [-0.2, -0.15) is 0 Å². The van der Waals surface area contributed by atoms with Crippen LogP contribution in [0, 0.1) is 6.92 Å².